The lowest BCUT2D eigenvalue weighted by atomic mass is 10.2. The maximum Gasteiger partial charge on any atom is 0.138 e. The average Bonchev–Trinajstić information content (AvgIpc) is 3.86. The van der Waals surface area contributed by atoms with Crippen LogP contribution in [-0.4, -0.2) is 23.7 Å². The van der Waals surface area contributed by atoms with Crippen molar-refractivity contribution in [2.24, 2.45) is 0 Å². The van der Waals surface area contributed by atoms with Crippen molar-refractivity contribution in [3.8, 4) is 28.7 Å². The Morgan fingerprint density at radius 2 is 0.846 bits per heavy atom. The second-order valence-electron chi connectivity index (χ2n) is 13.0. The van der Waals surface area contributed by atoms with E-state index in [9.17, 15) is 0 Å². The molecule has 5 heterocycles. The van der Waals surface area contributed by atoms with Crippen molar-refractivity contribution in [1.82, 2.24) is 23.7 Å². The van der Waals surface area contributed by atoms with E-state index in [1.165, 1.54) is 32.6 Å². The molecule has 0 aliphatic heterocycles. The van der Waals surface area contributed by atoms with E-state index in [0.717, 1.165) is 56.3 Å². The van der Waals surface area contributed by atoms with Crippen molar-refractivity contribution in [2.45, 2.75) is 6.92 Å². The molecule has 0 radical (unpaired) electrons. The molecule has 0 spiro atoms. The summed E-state index contributed by atoms with van der Waals surface area (Å²) in [6.45, 7) is 2.03. The number of fused-ring (bicyclic) bond motifs is 7. The Morgan fingerprint density at radius 3 is 1.38 bits per heavy atom. The molecule has 5 heteroatoms. The van der Waals surface area contributed by atoms with Crippen LogP contribution < -0.4 is 0 Å². The molecule has 0 saturated heterocycles. The van der Waals surface area contributed by atoms with Gasteiger partial charge < -0.3 is 4.57 Å². The van der Waals surface area contributed by atoms with Crippen molar-refractivity contribution in [1.29, 1.82) is 0 Å². The van der Waals surface area contributed by atoms with Crippen LogP contribution in [-0.2, 0) is 0 Å². The summed E-state index contributed by atoms with van der Waals surface area (Å²) < 4.78 is 6.90. The number of aromatic nitrogens is 5. The van der Waals surface area contributed by atoms with Gasteiger partial charge in [0.1, 0.15) is 11.6 Å². The first-order chi connectivity index (χ1) is 25.8. The van der Waals surface area contributed by atoms with E-state index in [4.69, 9.17) is 9.97 Å². The van der Waals surface area contributed by atoms with Crippen molar-refractivity contribution in [2.75, 3.05) is 0 Å². The highest BCUT2D eigenvalue weighted by atomic mass is 15.1. The van der Waals surface area contributed by atoms with Crippen LogP contribution in [0.2, 0.25) is 0 Å². The van der Waals surface area contributed by atoms with E-state index in [0.29, 0.717) is 0 Å². The molecule has 246 valence electrons. The standard InChI is InChI=1S/C47H33N5/c1-2-3-4-16-32-31-37-44(27-15-28-45(37)51-40-23-9-5-17-33(40)34-18-6-10-24-41(34)51)50(32)46-29-13-21-38(48-46)39-22-14-30-47(49-39)52-42-25-11-7-19-35(42)36-20-8-12-26-43(36)52/h2-31H,1H3/b3-2-,16-4-. The van der Waals surface area contributed by atoms with Gasteiger partial charge in [-0.15, -0.1) is 0 Å². The number of nitrogens with zero attached hydrogens (tertiary/aromatic N) is 5. The maximum absolute atomic E-state index is 5.30. The van der Waals surface area contributed by atoms with Gasteiger partial charge in [-0.25, -0.2) is 9.97 Å². The molecule has 0 saturated carbocycles. The van der Waals surface area contributed by atoms with Crippen LogP contribution in [0, 0.1) is 0 Å². The van der Waals surface area contributed by atoms with Crippen LogP contribution in [0.3, 0.4) is 0 Å². The van der Waals surface area contributed by atoms with Crippen molar-refractivity contribution in [3.05, 3.63) is 182 Å². The second-order valence-corrected chi connectivity index (χ2v) is 13.0. The van der Waals surface area contributed by atoms with Gasteiger partial charge >= 0.3 is 0 Å². The highest BCUT2D eigenvalue weighted by Crippen LogP contribution is 2.37. The minimum atomic E-state index is 0.809. The van der Waals surface area contributed by atoms with Crippen LogP contribution in [0.4, 0.5) is 0 Å². The lowest BCUT2D eigenvalue weighted by Crippen LogP contribution is -2.02. The number of hydrogen-bond donors (Lipinski definition) is 0. The SMILES string of the molecule is C/C=C\C=C/c1cc2c(-n3c4ccccc4c4ccccc43)cccc2n1-c1cccc(-c2cccc(-n3c4ccccc4c4ccccc43)n2)n1. The molecule has 0 unspecified atom stereocenters. The smallest absolute Gasteiger partial charge is 0.138 e. The normalized spacial score (nSPS) is 12.2. The Bertz CT molecular complexity index is 2930. The molecule has 10 rings (SSSR count). The van der Waals surface area contributed by atoms with Crippen molar-refractivity contribution in [3.63, 3.8) is 0 Å². The second kappa shape index (κ2) is 12.1. The Hall–Kier alpha value is -6.98. The molecule has 0 fully saturated rings. The van der Waals surface area contributed by atoms with Gasteiger partial charge in [0.15, 0.2) is 0 Å². The number of pyridine rings is 2. The number of para-hydroxylation sites is 4. The molecule has 0 bridgehead atoms. The van der Waals surface area contributed by atoms with Gasteiger partial charge in [-0.1, -0.05) is 109 Å². The van der Waals surface area contributed by atoms with E-state index in [1.807, 2.05) is 25.1 Å². The quantitative estimate of drug-likeness (QED) is 0.166. The first-order valence-corrected chi connectivity index (χ1v) is 17.6. The summed E-state index contributed by atoms with van der Waals surface area (Å²) in [4.78, 5) is 10.5. The maximum atomic E-state index is 5.30. The summed E-state index contributed by atoms with van der Waals surface area (Å²) in [6, 6.07) is 55.6. The summed E-state index contributed by atoms with van der Waals surface area (Å²) in [5.74, 6) is 1.69. The molecule has 5 aromatic carbocycles. The van der Waals surface area contributed by atoms with Crippen LogP contribution in [0.15, 0.2) is 176 Å². The fraction of sp³-hybridized carbons (Fsp3) is 0.0213. The van der Waals surface area contributed by atoms with Gasteiger partial charge in [-0.05, 0) is 79.7 Å². The topological polar surface area (TPSA) is 40.6 Å². The summed E-state index contributed by atoms with van der Waals surface area (Å²) in [7, 11) is 0. The molecule has 0 aliphatic carbocycles. The third-order valence-corrected chi connectivity index (χ3v) is 10.0. The highest BCUT2D eigenvalue weighted by molar-refractivity contribution is 6.11. The molecule has 0 atom stereocenters. The van der Waals surface area contributed by atoms with Gasteiger partial charge in [0.25, 0.3) is 0 Å². The van der Waals surface area contributed by atoms with Gasteiger partial charge in [-0.2, -0.15) is 0 Å². The van der Waals surface area contributed by atoms with Gasteiger partial charge in [0.2, 0.25) is 0 Å². The fourth-order valence-corrected chi connectivity index (χ4v) is 7.81. The van der Waals surface area contributed by atoms with E-state index in [-0.39, 0.29) is 0 Å². The number of hydrogen-bond acceptors (Lipinski definition) is 2. The lowest BCUT2D eigenvalue weighted by molar-refractivity contribution is 1.02. The third-order valence-electron chi connectivity index (χ3n) is 10.0. The number of allylic oxidation sites excluding steroid dienone is 3. The largest absolute Gasteiger partial charge is 0.309 e. The molecular weight excluding hydrogens is 635 g/mol. The average molecular weight is 668 g/mol. The Kier molecular flexibility index (Phi) is 6.96. The summed E-state index contributed by atoms with van der Waals surface area (Å²) >= 11 is 0. The van der Waals surface area contributed by atoms with Crippen molar-refractivity contribution >= 4 is 60.6 Å². The van der Waals surface area contributed by atoms with Crippen molar-refractivity contribution < 1.29 is 0 Å². The van der Waals surface area contributed by atoms with E-state index < -0.39 is 0 Å². The zero-order valence-corrected chi connectivity index (χ0v) is 28.6. The molecule has 5 aromatic heterocycles. The van der Waals surface area contributed by atoms with Gasteiger partial charge in [0, 0.05) is 32.6 Å². The van der Waals surface area contributed by atoms with Gasteiger partial charge in [0.05, 0.1) is 44.7 Å². The third kappa shape index (κ3) is 4.63. The first-order valence-electron chi connectivity index (χ1n) is 17.6. The molecule has 0 aliphatic rings. The van der Waals surface area contributed by atoms with Crippen LogP contribution in [0.25, 0.3) is 89.3 Å². The van der Waals surface area contributed by atoms with Crippen LogP contribution in [0.5, 0.6) is 0 Å². The predicted octanol–water partition coefficient (Wildman–Crippen LogP) is 11.9. The fourth-order valence-electron chi connectivity index (χ4n) is 7.81. The molecular formula is C47H33N5. The zero-order chi connectivity index (χ0) is 34.6. The van der Waals surface area contributed by atoms with E-state index in [1.54, 1.807) is 0 Å². The molecule has 0 N–H and O–H groups in total. The number of benzene rings is 5. The van der Waals surface area contributed by atoms with E-state index >= 15 is 0 Å². The van der Waals surface area contributed by atoms with Crippen LogP contribution in [0.1, 0.15) is 12.6 Å². The Labute approximate surface area is 300 Å². The first kappa shape index (κ1) is 29.9. The van der Waals surface area contributed by atoms with Crippen LogP contribution >= 0.6 is 0 Å². The minimum Gasteiger partial charge on any atom is -0.309 e. The monoisotopic (exact) mass is 667 g/mol. The van der Waals surface area contributed by atoms with E-state index in [2.05, 4.69) is 178 Å². The lowest BCUT2D eigenvalue weighted by Gasteiger charge is -2.12. The molecule has 0 amide bonds. The predicted molar refractivity (Wildman–Crippen MR) is 217 cm³/mol. The van der Waals surface area contributed by atoms with Gasteiger partial charge in [-0.3, -0.25) is 9.13 Å². The minimum absolute atomic E-state index is 0.809. The number of rotatable bonds is 6. The highest BCUT2D eigenvalue weighted by Gasteiger charge is 2.19. The molecule has 52 heavy (non-hydrogen) atoms. The molecule has 5 nitrogen and oxygen atoms in total. The Balaban J connectivity index is 1.15. The Morgan fingerprint density at radius 1 is 0.404 bits per heavy atom. The molecule has 10 aromatic rings. The summed E-state index contributed by atoms with van der Waals surface area (Å²) in [5.41, 5.74) is 9.50. The summed E-state index contributed by atoms with van der Waals surface area (Å²) in [5, 5.41) is 6.06. The zero-order valence-electron chi connectivity index (χ0n) is 28.6. The summed E-state index contributed by atoms with van der Waals surface area (Å²) in [6.07, 6.45) is 8.35.